The first-order valence-corrected chi connectivity index (χ1v) is 9.33. The second-order valence-corrected chi connectivity index (χ2v) is 6.86. The zero-order valence-electron chi connectivity index (χ0n) is 15.6. The van der Waals surface area contributed by atoms with Crippen molar-refractivity contribution >= 4 is 39.1 Å². The minimum atomic E-state index is -4.45. The van der Waals surface area contributed by atoms with Crippen molar-refractivity contribution in [3.05, 3.63) is 71.9 Å². The van der Waals surface area contributed by atoms with Crippen molar-refractivity contribution in [2.75, 3.05) is 12.4 Å². The number of alkyl halides is 3. The van der Waals surface area contributed by atoms with E-state index in [1.165, 1.54) is 24.4 Å². The normalized spacial score (nSPS) is 11.9. The highest BCUT2D eigenvalue weighted by molar-refractivity contribution is 7.19. The van der Waals surface area contributed by atoms with Gasteiger partial charge >= 0.3 is 6.18 Å². The zero-order valence-corrected chi connectivity index (χ0v) is 16.4. The van der Waals surface area contributed by atoms with Crippen LogP contribution in [0.4, 0.5) is 29.0 Å². The number of nitrogens with zero attached hydrogens (tertiary/aromatic N) is 3. The Bertz CT molecular complexity index is 1080. The van der Waals surface area contributed by atoms with Crippen LogP contribution in [0.15, 0.2) is 71.0 Å². The number of benzene rings is 2. The third-order valence-electron chi connectivity index (χ3n) is 3.70. The van der Waals surface area contributed by atoms with Crippen molar-refractivity contribution in [3.8, 4) is 5.75 Å². The maximum Gasteiger partial charge on any atom is 0.416 e. The van der Waals surface area contributed by atoms with Crippen LogP contribution in [-0.2, 0) is 11.0 Å². The van der Waals surface area contributed by atoms with E-state index in [4.69, 9.17) is 4.74 Å². The number of carbonyl (C=O) groups is 1. The van der Waals surface area contributed by atoms with Gasteiger partial charge in [-0.25, -0.2) is 4.98 Å². The van der Waals surface area contributed by atoms with Crippen LogP contribution < -0.4 is 10.1 Å². The van der Waals surface area contributed by atoms with Gasteiger partial charge in [0.1, 0.15) is 5.75 Å². The number of aromatic nitrogens is 1. The van der Waals surface area contributed by atoms with E-state index >= 15 is 0 Å². The van der Waals surface area contributed by atoms with Crippen molar-refractivity contribution in [2.45, 2.75) is 6.18 Å². The van der Waals surface area contributed by atoms with E-state index in [0.717, 1.165) is 29.0 Å². The van der Waals surface area contributed by atoms with E-state index in [1.54, 1.807) is 37.5 Å². The summed E-state index contributed by atoms with van der Waals surface area (Å²) in [6, 6.07) is 11.7. The van der Waals surface area contributed by atoms with Gasteiger partial charge in [0.05, 0.1) is 24.6 Å². The van der Waals surface area contributed by atoms with E-state index in [9.17, 15) is 18.0 Å². The van der Waals surface area contributed by atoms with Gasteiger partial charge in [0, 0.05) is 6.08 Å². The lowest BCUT2D eigenvalue weighted by Gasteiger charge is -2.05. The number of halogens is 3. The van der Waals surface area contributed by atoms with Gasteiger partial charge in [-0.15, -0.1) is 10.2 Å². The molecule has 0 aliphatic carbocycles. The Morgan fingerprint density at radius 2 is 1.93 bits per heavy atom. The van der Waals surface area contributed by atoms with Gasteiger partial charge in [-0.1, -0.05) is 29.5 Å². The minimum absolute atomic E-state index is 0.0613. The summed E-state index contributed by atoms with van der Waals surface area (Å²) in [5.41, 5.74) is 0.0757. The second kappa shape index (κ2) is 9.31. The molecule has 0 spiro atoms. The van der Waals surface area contributed by atoms with Crippen LogP contribution in [-0.4, -0.2) is 18.0 Å². The van der Waals surface area contributed by atoms with Crippen LogP contribution in [0, 0.1) is 0 Å². The number of carbonyl (C=O) groups excluding carboxylic acids is 1. The molecule has 2 aromatic carbocycles. The van der Waals surface area contributed by atoms with Crippen LogP contribution >= 0.6 is 11.3 Å². The fourth-order valence-electron chi connectivity index (χ4n) is 2.26. The molecule has 1 amide bonds. The van der Waals surface area contributed by atoms with Gasteiger partial charge in [-0.3, -0.25) is 10.1 Å². The number of hydrogen-bond donors (Lipinski definition) is 1. The fourth-order valence-corrected chi connectivity index (χ4v) is 2.90. The Morgan fingerprint density at radius 3 is 2.63 bits per heavy atom. The lowest BCUT2D eigenvalue weighted by molar-refractivity contribution is -0.137. The molecule has 0 aliphatic rings. The number of nitrogens with one attached hydrogen (secondary N) is 1. The SMILES string of the molecule is COc1ccc(/C=C/C(=O)Nc2ncc(N=Nc3cccc(C(F)(F)F)c3)s2)cc1. The molecule has 1 heterocycles. The maximum absolute atomic E-state index is 12.7. The van der Waals surface area contributed by atoms with Crippen LogP contribution in [0.1, 0.15) is 11.1 Å². The number of hydrogen-bond acceptors (Lipinski definition) is 6. The zero-order chi connectivity index (χ0) is 21.6. The fraction of sp³-hybridized carbons (Fsp3) is 0.100. The Labute approximate surface area is 173 Å². The Kier molecular flexibility index (Phi) is 6.58. The molecule has 0 atom stereocenters. The van der Waals surface area contributed by atoms with Crippen LogP contribution in [0.5, 0.6) is 5.75 Å². The molecule has 0 unspecified atom stereocenters. The first-order chi connectivity index (χ1) is 14.3. The number of thiazole rings is 1. The molecule has 3 rings (SSSR count). The molecule has 30 heavy (non-hydrogen) atoms. The molecule has 10 heteroatoms. The second-order valence-electron chi connectivity index (χ2n) is 5.85. The van der Waals surface area contributed by atoms with Gasteiger partial charge in [0.25, 0.3) is 0 Å². The summed E-state index contributed by atoms with van der Waals surface area (Å²) in [5.74, 6) is 0.327. The van der Waals surface area contributed by atoms with Gasteiger partial charge in [0.15, 0.2) is 10.1 Å². The number of methoxy groups -OCH3 is 1. The predicted molar refractivity (Wildman–Crippen MR) is 108 cm³/mol. The number of anilines is 1. The van der Waals surface area contributed by atoms with E-state index in [-0.39, 0.29) is 16.7 Å². The lowest BCUT2D eigenvalue weighted by Crippen LogP contribution is -2.06. The van der Waals surface area contributed by atoms with Crippen LogP contribution in [0.3, 0.4) is 0 Å². The van der Waals surface area contributed by atoms with E-state index in [2.05, 4.69) is 20.5 Å². The number of rotatable bonds is 6. The molecule has 0 aliphatic heterocycles. The summed E-state index contributed by atoms with van der Waals surface area (Å²) in [7, 11) is 1.57. The average Bonchev–Trinajstić information content (AvgIpc) is 3.18. The third-order valence-corrected chi connectivity index (χ3v) is 4.50. The first-order valence-electron chi connectivity index (χ1n) is 8.51. The van der Waals surface area contributed by atoms with Crippen LogP contribution in [0.2, 0.25) is 0 Å². The minimum Gasteiger partial charge on any atom is -0.497 e. The van der Waals surface area contributed by atoms with Crippen molar-refractivity contribution in [3.63, 3.8) is 0 Å². The standard InChI is InChI=1S/C20H15F3N4O2S/c1-29-16-8-5-13(6-9-16)7-10-17(28)25-19-24-12-18(30-19)27-26-15-4-2-3-14(11-15)20(21,22)23/h2-12H,1H3,(H,24,25,28)/b10-7+,27-26?. The first kappa shape index (κ1) is 21.2. The molecule has 0 radical (unpaired) electrons. The van der Waals surface area contributed by atoms with Gasteiger partial charge in [-0.05, 0) is 42.0 Å². The van der Waals surface area contributed by atoms with Gasteiger partial charge in [0.2, 0.25) is 5.91 Å². The highest BCUT2D eigenvalue weighted by Gasteiger charge is 2.30. The molecule has 1 aromatic heterocycles. The Hall–Kier alpha value is -3.53. The highest BCUT2D eigenvalue weighted by Crippen LogP contribution is 2.32. The molecule has 0 saturated heterocycles. The lowest BCUT2D eigenvalue weighted by atomic mass is 10.2. The molecule has 0 bridgehead atoms. The summed E-state index contributed by atoms with van der Waals surface area (Å²) in [6.45, 7) is 0. The predicted octanol–water partition coefficient (Wildman–Crippen LogP) is 6.24. The summed E-state index contributed by atoms with van der Waals surface area (Å²) in [5, 5.41) is 10.9. The largest absolute Gasteiger partial charge is 0.497 e. The molecule has 154 valence electrons. The van der Waals surface area contributed by atoms with Crippen LogP contribution in [0.25, 0.3) is 6.08 Å². The Morgan fingerprint density at radius 1 is 1.17 bits per heavy atom. The molecule has 3 aromatic rings. The number of azo groups is 1. The summed E-state index contributed by atoms with van der Waals surface area (Å²) < 4.78 is 43.3. The monoisotopic (exact) mass is 432 g/mol. The van der Waals surface area contributed by atoms with E-state index in [1.807, 2.05) is 0 Å². The number of ether oxygens (including phenoxy) is 1. The van der Waals surface area contributed by atoms with Crippen molar-refractivity contribution in [2.24, 2.45) is 10.2 Å². The van der Waals surface area contributed by atoms with E-state index < -0.39 is 11.7 Å². The topological polar surface area (TPSA) is 75.9 Å². The number of amides is 1. The quantitative estimate of drug-likeness (QED) is 0.370. The molecular formula is C20H15F3N4O2S. The van der Waals surface area contributed by atoms with E-state index in [0.29, 0.717) is 10.8 Å². The molecule has 0 saturated carbocycles. The Balaban J connectivity index is 1.60. The summed E-state index contributed by atoms with van der Waals surface area (Å²) in [6.07, 6.45) is -0.0962. The van der Waals surface area contributed by atoms with Gasteiger partial charge < -0.3 is 4.74 Å². The third kappa shape index (κ3) is 5.98. The molecular weight excluding hydrogens is 417 g/mol. The average molecular weight is 432 g/mol. The molecule has 6 nitrogen and oxygen atoms in total. The van der Waals surface area contributed by atoms with Crippen molar-refractivity contribution in [1.29, 1.82) is 0 Å². The van der Waals surface area contributed by atoms with Crippen molar-refractivity contribution < 1.29 is 22.7 Å². The highest BCUT2D eigenvalue weighted by atomic mass is 32.1. The van der Waals surface area contributed by atoms with Crippen molar-refractivity contribution in [1.82, 2.24) is 4.98 Å². The summed E-state index contributed by atoms with van der Waals surface area (Å²) >= 11 is 1.04. The maximum atomic E-state index is 12.7. The smallest absolute Gasteiger partial charge is 0.416 e. The summed E-state index contributed by atoms with van der Waals surface area (Å²) in [4.78, 5) is 16.0. The molecule has 1 N–H and O–H groups in total. The van der Waals surface area contributed by atoms with Gasteiger partial charge in [-0.2, -0.15) is 13.2 Å². The molecule has 0 fully saturated rings.